The number of nitrogens with zero attached hydrogens (tertiary/aromatic N) is 1. The molecule has 0 heterocycles. The van der Waals surface area contributed by atoms with Crippen molar-refractivity contribution >= 4 is 35.0 Å². The number of rotatable bonds is 10. The number of nitrogens with one attached hydrogen (secondary N) is 1. The van der Waals surface area contributed by atoms with Gasteiger partial charge in [-0.3, -0.25) is 9.59 Å². The number of benzene rings is 3. The number of aryl methyl sites for hydroxylation is 2. The van der Waals surface area contributed by atoms with Gasteiger partial charge in [0.05, 0.1) is 10.0 Å². The van der Waals surface area contributed by atoms with Gasteiger partial charge in [0.2, 0.25) is 11.8 Å². The number of halogens is 2. The fourth-order valence-electron chi connectivity index (χ4n) is 3.83. The molecule has 6 heteroatoms. The maximum absolute atomic E-state index is 13.6. The molecule has 0 fully saturated rings. The van der Waals surface area contributed by atoms with E-state index in [0.29, 0.717) is 35.9 Å². The molecule has 178 valence electrons. The van der Waals surface area contributed by atoms with Crippen LogP contribution < -0.4 is 5.32 Å². The van der Waals surface area contributed by atoms with Crippen LogP contribution in [-0.2, 0) is 29.0 Å². The average Bonchev–Trinajstić information content (AvgIpc) is 2.83. The first-order valence-corrected chi connectivity index (χ1v) is 12.2. The average molecular weight is 497 g/mol. The first kappa shape index (κ1) is 25.8. The number of carbonyl (C=O) groups excluding carboxylic acids is 2. The van der Waals surface area contributed by atoms with Gasteiger partial charge in [-0.05, 0) is 49.1 Å². The molecule has 3 aromatic carbocycles. The summed E-state index contributed by atoms with van der Waals surface area (Å²) in [5.41, 5.74) is 4.08. The van der Waals surface area contributed by atoms with Gasteiger partial charge in [0, 0.05) is 25.9 Å². The summed E-state index contributed by atoms with van der Waals surface area (Å²) in [6.45, 7) is 4.66. The van der Waals surface area contributed by atoms with Crippen LogP contribution in [0.5, 0.6) is 0 Å². The molecule has 0 radical (unpaired) electrons. The van der Waals surface area contributed by atoms with Crippen molar-refractivity contribution in [3.63, 3.8) is 0 Å². The molecule has 3 aromatic rings. The lowest BCUT2D eigenvalue weighted by Gasteiger charge is -2.31. The molecule has 0 saturated carbocycles. The largest absolute Gasteiger partial charge is 0.355 e. The molecule has 34 heavy (non-hydrogen) atoms. The van der Waals surface area contributed by atoms with Crippen molar-refractivity contribution in [2.45, 2.75) is 45.7 Å². The van der Waals surface area contributed by atoms with Gasteiger partial charge >= 0.3 is 0 Å². The summed E-state index contributed by atoms with van der Waals surface area (Å²) in [7, 11) is 0. The van der Waals surface area contributed by atoms with Crippen molar-refractivity contribution in [3.05, 3.63) is 105 Å². The van der Waals surface area contributed by atoms with E-state index in [2.05, 4.69) is 5.32 Å². The number of likely N-dealkylation sites (N-methyl/N-ethyl adjacent to an activating group) is 1. The van der Waals surface area contributed by atoms with E-state index in [-0.39, 0.29) is 18.4 Å². The van der Waals surface area contributed by atoms with Crippen molar-refractivity contribution in [1.82, 2.24) is 10.2 Å². The Morgan fingerprint density at radius 1 is 0.882 bits per heavy atom. The quantitative estimate of drug-likeness (QED) is 0.373. The second kappa shape index (κ2) is 12.6. The van der Waals surface area contributed by atoms with Crippen molar-refractivity contribution in [1.29, 1.82) is 0 Å². The number of hydrogen-bond donors (Lipinski definition) is 1. The highest BCUT2D eigenvalue weighted by Gasteiger charge is 2.30. The molecule has 0 spiro atoms. The summed E-state index contributed by atoms with van der Waals surface area (Å²) in [6, 6.07) is 22.6. The molecule has 2 amide bonds. The van der Waals surface area contributed by atoms with Crippen molar-refractivity contribution < 1.29 is 9.59 Å². The number of carbonyl (C=O) groups is 2. The molecule has 0 aliphatic heterocycles. The second-order valence-electron chi connectivity index (χ2n) is 8.36. The number of amides is 2. The van der Waals surface area contributed by atoms with Crippen molar-refractivity contribution in [3.8, 4) is 0 Å². The first-order chi connectivity index (χ1) is 16.4. The molecule has 0 aliphatic rings. The third-order valence-electron chi connectivity index (χ3n) is 5.71. The zero-order valence-electron chi connectivity index (χ0n) is 19.6. The van der Waals surface area contributed by atoms with Crippen LogP contribution >= 0.6 is 23.2 Å². The standard InChI is InChI=1S/C28H30Cl2N2O2/c1-3-31-28(34)26(18-22-7-5-4-6-8-22)32(19-23-13-15-24(29)25(30)17-23)27(33)16-14-21-11-9-20(2)10-12-21/h4-13,15,17,26H,3,14,16,18-19H2,1-2H3,(H,31,34). The summed E-state index contributed by atoms with van der Waals surface area (Å²) in [5.74, 6) is -0.256. The van der Waals surface area contributed by atoms with Crippen LogP contribution in [0.1, 0.15) is 35.6 Å². The van der Waals surface area contributed by atoms with Crippen LogP contribution in [0, 0.1) is 6.92 Å². The lowest BCUT2D eigenvalue weighted by molar-refractivity contribution is -0.141. The van der Waals surface area contributed by atoms with Gasteiger partial charge in [0.15, 0.2) is 0 Å². The van der Waals surface area contributed by atoms with Gasteiger partial charge in [-0.2, -0.15) is 0 Å². The molecular formula is C28H30Cl2N2O2. The normalized spacial score (nSPS) is 11.6. The highest BCUT2D eigenvalue weighted by atomic mass is 35.5. The first-order valence-electron chi connectivity index (χ1n) is 11.5. The Labute approximate surface area is 211 Å². The molecule has 3 rings (SSSR count). The lowest BCUT2D eigenvalue weighted by atomic mass is 10.0. The maximum atomic E-state index is 13.6. The second-order valence-corrected chi connectivity index (χ2v) is 9.17. The van der Waals surface area contributed by atoms with E-state index < -0.39 is 6.04 Å². The van der Waals surface area contributed by atoms with Crippen LogP contribution in [0.15, 0.2) is 72.8 Å². The molecule has 1 N–H and O–H groups in total. The Morgan fingerprint density at radius 3 is 2.21 bits per heavy atom. The van der Waals surface area contributed by atoms with Crippen LogP contribution in [0.3, 0.4) is 0 Å². The summed E-state index contributed by atoms with van der Waals surface area (Å²) in [4.78, 5) is 28.4. The number of hydrogen-bond acceptors (Lipinski definition) is 2. The highest BCUT2D eigenvalue weighted by molar-refractivity contribution is 6.42. The van der Waals surface area contributed by atoms with E-state index in [1.807, 2.05) is 74.5 Å². The third-order valence-corrected chi connectivity index (χ3v) is 6.45. The lowest BCUT2D eigenvalue weighted by Crippen LogP contribution is -2.50. The molecular weight excluding hydrogens is 467 g/mol. The monoisotopic (exact) mass is 496 g/mol. The minimum Gasteiger partial charge on any atom is -0.355 e. The van der Waals surface area contributed by atoms with E-state index >= 15 is 0 Å². The fraction of sp³-hybridized carbons (Fsp3) is 0.286. The van der Waals surface area contributed by atoms with Crippen LogP contribution in [0.2, 0.25) is 10.0 Å². The predicted octanol–water partition coefficient (Wildman–Crippen LogP) is 6.01. The van der Waals surface area contributed by atoms with Crippen LogP contribution in [0.25, 0.3) is 0 Å². The van der Waals surface area contributed by atoms with Crippen LogP contribution in [0.4, 0.5) is 0 Å². The van der Waals surface area contributed by atoms with Gasteiger partial charge in [0.25, 0.3) is 0 Å². The summed E-state index contributed by atoms with van der Waals surface area (Å²) in [5, 5.41) is 3.78. The molecule has 0 aliphatic carbocycles. The molecule has 1 atom stereocenters. The van der Waals surface area contributed by atoms with Gasteiger partial charge < -0.3 is 10.2 Å². The van der Waals surface area contributed by atoms with E-state index in [9.17, 15) is 9.59 Å². The predicted molar refractivity (Wildman–Crippen MR) is 139 cm³/mol. The Balaban J connectivity index is 1.90. The topological polar surface area (TPSA) is 49.4 Å². The Kier molecular flexibility index (Phi) is 9.55. The summed E-state index contributed by atoms with van der Waals surface area (Å²) in [6.07, 6.45) is 1.32. The van der Waals surface area contributed by atoms with Gasteiger partial charge in [-0.25, -0.2) is 0 Å². The van der Waals surface area contributed by atoms with Crippen molar-refractivity contribution in [2.75, 3.05) is 6.54 Å². The summed E-state index contributed by atoms with van der Waals surface area (Å²) < 4.78 is 0. The van der Waals surface area contributed by atoms with E-state index in [1.54, 1.807) is 17.0 Å². The fourth-order valence-corrected chi connectivity index (χ4v) is 4.15. The Bertz CT molecular complexity index is 1100. The Hall–Kier alpha value is -2.82. The van der Waals surface area contributed by atoms with Gasteiger partial charge in [-0.15, -0.1) is 0 Å². The molecule has 4 nitrogen and oxygen atoms in total. The minimum absolute atomic E-state index is 0.0844. The van der Waals surface area contributed by atoms with Crippen LogP contribution in [-0.4, -0.2) is 29.3 Å². The van der Waals surface area contributed by atoms with Gasteiger partial charge in [0.1, 0.15) is 6.04 Å². The zero-order chi connectivity index (χ0) is 24.5. The van der Waals surface area contributed by atoms with E-state index in [0.717, 1.165) is 16.7 Å². The van der Waals surface area contributed by atoms with E-state index in [1.165, 1.54) is 5.56 Å². The van der Waals surface area contributed by atoms with Gasteiger partial charge in [-0.1, -0.05) is 89.4 Å². The Morgan fingerprint density at radius 2 is 1.56 bits per heavy atom. The smallest absolute Gasteiger partial charge is 0.243 e. The molecule has 0 saturated heterocycles. The maximum Gasteiger partial charge on any atom is 0.243 e. The summed E-state index contributed by atoms with van der Waals surface area (Å²) >= 11 is 12.3. The molecule has 0 aromatic heterocycles. The third kappa shape index (κ3) is 7.34. The zero-order valence-corrected chi connectivity index (χ0v) is 21.1. The highest BCUT2D eigenvalue weighted by Crippen LogP contribution is 2.24. The molecule has 1 unspecified atom stereocenters. The van der Waals surface area contributed by atoms with E-state index in [4.69, 9.17) is 23.2 Å². The SMILES string of the molecule is CCNC(=O)C(Cc1ccccc1)N(Cc1ccc(Cl)c(Cl)c1)C(=O)CCc1ccc(C)cc1. The minimum atomic E-state index is -0.651. The molecule has 0 bridgehead atoms. The van der Waals surface area contributed by atoms with Crippen molar-refractivity contribution in [2.24, 2.45) is 0 Å².